The lowest BCUT2D eigenvalue weighted by atomic mass is 10.0. The molecule has 0 unspecified atom stereocenters. The number of H-pyrrole nitrogens is 1. The summed E-state index contributed by atoms with van der Waals surface area (Å²) in [6.07, 6.45) is 7.56. The number of likely N-dealkylation sites (tertiary alicyclic amines) is 1. The maximum Gasteiger partial charge on any atom is 0.256 e. The molecule has 29 heavy (non-hydrogen) atoms. The van der Waals surface area contributed by atoms with Crippen LogP contribution in [0.4, 0.5) is 15.8 Å². The maximum atomic E-state index is 13.6. The third-order valence-corrected chi connectivity index (χ3v) is 5.61. The summed E-state index contributed by atoms with van der Waals surface area (Å²) >= 11 is 0. The van der Waals surface area contributed by atoms with Crippen LogP contribution < -0.4 is 10.6 Å². The van der Waals surface area contributed by atoms with E-state index in [1.54, 1.807) is 18.3 Å². The largest absolute Gasteiger partial charge is 0.360 e. The van der Waals surface area contributed by atoms with Gasteiger partial charge in [0.25, 0.3) is 5.91 Å². The smallest absolute Gasteiger partial charge is 0.256 e. The van der Waals surface area contributed by atoms with Crippen LogP contribution in [0.3, 0.4) is 0 Å². The third-order valence-electron chi connectivity index (χ3n) is 5.61. The zero-order valence-electron chi connectivity index (χ0n) is 16.5. The highest BCUT2D eigenvalue weighted by molar-refractivity contribution is 6.34. The normalized spacial score (nSPS) is 18.0. The van der Waals surface area contributed by atoms with Gasteiger partial charge in [-0.15, -0.1) is 0 Å². The first-order chi connectivity index (χ1) is 14.0. The van der Waals surface area contributed by atoms with Crippen LogP contribution in [0.15, 0.2) is 24.4 Å². The SMILES string of the molecule is Cc1c(NC(=O)CCN2CCCCC2)c[nH]c1/C=C1\C(=O)Nc2ccc(F)cc21. The predicted octanol–water partition coefficient (Wildman–Crippen LogP) is 3.77. The van der Waals surface area contributed by atoms with E-state index in [0.717, 1.165) is 25.2 Å². The van der Waals surface area contributed by atoms with E-state index in [9.17, 15) is 14.0 Å². The van der Waals surface area contributed by atoms with E-state index in [1.165, 1.54) is 31.4 Å². The molecule has 2 amide bonds. The number of fused-ring (bicyclic) bond motifs is 1. The molecule has 6 nitrogen and oxygen atoms in total. The van der Waals surface area contributed by atoms with E-state index in [-0.39, 0.29) is 11.8 Å². The van der Waals surface area contributed by atoms with Crippen molar-refractivity contribution in [3.05, 3.63) is 47.0 Å². The lowest BCUT2D eigenvalue weighted by Crippen LogP contribution is -2.32. The number of piperidine rings is 1. The van der Waals surface area contributed by atoms with Gasteiger partial charge in [-0.25, -0.2) is 4.39 Å². The van der Waals surface area contributed by atoms with Crippen LogP contribution in [0.5, 0.6) is 0 Å². The number of amides is 2. The molecule has 0 aliphatic carbocycles. The van der Waals surface area contributed by atoms with Crippen LogP contribution in [0.25, 0.3) is 11.6 Å². The molecule has 1 saturated heterocycles. The Hall–Kier alpha value is -2.93. The van der Waals surface area contributed by atoms with Crippen molar-refractivity contribution in [3.63, 3.8) is 0 Å². The number of halogens is 1. The second kappa shape index (κ2) is 8.21. The molecule has 3 heterocycles. The third kappa shape index (κ3) is 4.24. The lowest BCUT2D eigenvalue weighted by Gasteiger charge is -2.25. The topological polar surface area (TPSA) is 77.2 Å². The fraction of sp³-hybridized carbons (Fsp3) is 0.364. The van der Waals surface area contributed by atoms with Gasteiger partial charge in [0, 0.05) is 36.1 Å². The Kier molecular flexibility index (Phi) is 5.49. The van der Waals surface area contributed by atoms with Gasteiger partial charge < -0.3 is 20.5 Å². The van der Waals surface area contributed by atoms with Crippen LogP contribution in [0.2, 0.25) is 0 Å². The maximum absolute atomic E-state index is 13.6. The van der Waals surface area contributed by atoms with E-state index < -0.39 is 5.82 Å². The molecule has 1 aromatic carbocycles. The Labute approximate surface area is 169 Å². The summed E-state index contributed by atoms with van der Waals surface area (Å²) in [5.74, 6) is -0.689. The summed E-state index contributed by atoms with van der Waals surface area (Å²) in [4.78, 5) is 30.1. The van der Waals surface area contributed by atoms with Gasteiger partial charge in [-0.05, 0) is 62.7 Å². The van der Waals surface area contributed by atoms with E-state index in [1.807, 2.05) is 6.92 Å². The van der Waals surface area contributed by atoms with E-state index in [2.05, 4.69) is 20.5 Å². The summed E-state index contributed by atoms with van der Waals surface area (Å²) < 4.78 is 13.6. The van der Waals surface area contributed by atoms with Crippen molar-refractivity contribution in [2.45, 2.75) is 32.6 Å². The van der Waals surface area contributed by atoms with Gasteiger partial charge in [-0.2, -0.15) is 0 Å². The predicted molar refractivity (Wildman–Crippen MR) is 112 cm³/mol. The molecule has 2 aliphatic rings. The van der Waals surface area contributed by atoms with Crippen LogP contribution in [-0.4, -0.2) is 41.3 Å². The van der Waals surface area contributed by atoms with Crippen molar-refractivity contribution in [2.75, 3.05) is 30.3 Å². The van der Waals surface area contributed by atoms with Crippen LogP contribution in [-0.2, 0) is 9.59 Å². The molecule has 7 heteroatoms. The van der Waals surface area contributed by atoms with Gasteiger partial charge in [0.15, 0.2) is 0 Å². The fourth-order valence-electron chi connectivity index (χ4n) is 3.89. The number of benzene rings is 1. The molecule has 0 radical (unpaired) electrons. The van der Waals surface area contributed by atoms with Crippen LogP contribution in [0, 0.1) is 12.7 Å². The molecule has 2 aromatic rings. The van der Waals surface area contributed by atoms with Gasteiger partial charge in [-0.1, -0.05) is 6.42 Å². The molecule has 0 saturated carbocycles. The molecule has 0 atom stereocenters. The van der Waals surface area contributed by atoms with Gasteiger partial charge in [0.1, 0.15) is 5.82 Å². The minimum Gasteiger partial charge on any atom is -0.360 e. The summed E-state index contributed by atoms with van der Waals surface area (Å²) in [6.45, 7) is 4.79. The number of nitrogens with one attached hydrogen (secondary N) is 3. The average molecular weight is 396 g/mol. The highest BCUT2D eigenvalue weighted by Gasteiger charge is 2.25. The van der Waals surface area contributed by atoms with Gasteiger partial charge in [-0.3, -0.25) is 9.59 Å². The van der Waals surface area contributed by atoms with Crippen molar-refractivity contribution >= 4 is 34.8 Å². The Bertz CT molecular complexity index is 973. The molecule has 152 valence electrons. The van der Waals surface area contributed by atoms with Crippen molar-refractivity contribution in [1.29, 1.82) is 0 Å². The standard InChI is InChI=1S/C22H25FN4O2/c1-14-19(12-17-16-11-15(23)5-6-18(16)26-22(17)29)24-13-20(14)25-21(28)7-10-27-8-3-2-4-9-27/h5-6,11-13,24H,2-4,7-10H2,1H3,(H,25,28)(H,26,29)/b17-12-. The number of hydrogen-bond acceptors (Lipinski definition) is 3. The van der Waals surface area contributed by atoms with E-state index >= 15 is 0 Å². The zero-order chi connectivity index (χ0) is 20.4. The molecular formula is C22H25FN4O2. The summed E-state index contributed by atoms with van der Waals surface area (Å²) in [5, 5.41) is 5.69. The quantitative estimate of drug-likeness (QED) is 0.674. The molecule has 0 spiro atoms. The number of hydrogen-bond donors (Lipinski definition) is 3. The molecule has 0 bridgehead atoms. The summed E-state index contributed by atoms with van der Waals surface area (Å²) in [6, 6.07) is 4.22. The van der Waals surface area contributed by atoms with Crippen molar-refractivity contribution in [3.8, 4) is 0 Å². The number of carbonyl (C=O) groups excluding carboxylic acids is 2. The lowest BCUT2D eigenvalue weighted by molar-refractivity contribution is -0.116. The molecule has 1 aromatic heterocycles. The second-order valence-corrected chi connectivity index (χ2v) is 7.64. The fourth-order valence-corrected chi connectivity index (χ4v) is 3.89. The summed E-state index contributed by atoms with van der Waals surface area (Å²) in [7, 11) is 0. The van der Waals surface area contributed by atoms with Crippen molar-refractivity contribution in [2.24, 2.45) is 0 Å². The molecule has 3 N–H and O–H groups in total. The van der Waals surface area contributed by atoms with Gasteiger partial charge in [0.05, 0.1) is 11.3 Å². The monoisotopic (exact) mass is 396 g/mol. The Morgan fingerprint density at radius 2 is 2.07 bits per heavy atom. The van der Waals surface area contributed by atoms with E-state index in [0.29, 0.717) is 34.6 Å². The zero-order valence-corrected chi connectivity index (χ0v) is 16.5. The number of anilines is 2. The number of aromatic amines is 1. The Balaban J connectivity index is 1.45. The van der Waals surface area contributed by atoms with Gasteiger partial charge in [0.2, 0.25) is 5.91 Å². The molecule has 1 fully saturated rings. The van der Waals surface area contributed by atoms with Crippen LogP contribution in [0.1, 0.15) is 42.5 Å². The summed E-state index contributed by atoms with van der Waals surface area (Å²) in [5.41, 5.74) is 3.76. The highest BCUT2D eigenvalue weighted by atomic mass is 19.1. The highest BCUT2D eigenvalue weighted by Crippen LogP contribution is 2.34. The van der Waals surface area contributed by atoms with Crippen molar-refractivity contribution in [1.82, 2.24) is 9.88 Å². The minimum atomic E-state index is -0.393. The first-order valence-corrected chi connectivity index (χ1v) is 10.0. The first kappa shape index (κ1) is 19.4. The molecule has 2 aliphatic heterocycles. The second-order valence-electron chi connectivity index (χ2n) is 7.64. The average Bonchev–Trinajstić information content (AvgIpc) is 3.21. The van der Waals surface area contributed by atoms with Gasteiger partial charge >= 0.3 is 0 Å². The molecule has 4 rings (SSSR count). The molecular weight excluding hydrogens is 371 g/mol. The first-order valence-electron chi connectivity index (χ1n) is 10.0. The number of nitrogens with zero attached hydrogens (tertiary/aromatic N) is 1. The van der Waals surface area contributed by atoms with Crippen molar-refractivity contribution < 1.29 is 14.0 Å². The number of aromatic nitrogens is 1. The Morgan fingerprint density at radius 3 is 2.86 bits per heavy atom. The van der Waals surface area contributed by atoms with E-state index in [4.69, 9.17) is 0 Å². The Morgan fingerprint density at radius 1 is 1.28 bits per heavy atom. The number of carbonyl (C=O) groups is 2. The number of rotatable bonds is 5. The van der Waals surface area contributed by atoms with Crippen LogP contribution >= 0.6 is 0 Å². The minimum absolute atomic E-state index is 0.0251.